The van der Waals surface area contributed by atoms with Crippen LogP contribution in [0.2, 0.25) is 0 Å². The lowest BCUT2D eigenvalue weighted by molar-refractivity contribution is 0.0915. The Morgan fingerprint density at radius 3 is 2.32 bits per heavy atom. The largest absolute Gasteiger partial charge is 0.490 e. The van der Waals surface area contributed by atoms with Crippen LogP contribution in [-0.4, -0.2) is 37.8 Å². The van der Waals surface area contributed by atoms with Gasteiger partial charge in [-0.1, -0.05) is 18.2 Å². The second kappa shape index (κ2) is 11.4. The average molecular weight is 409 g/mol. The molecule has 0 unspecified atom stereocenters. The second-order valence-corrected chi connectivity index (χ2v) is 6.65. The molecule has 0 spiro atoms. The van der Waals surface area contributed by atoms with Gasteiger partial charge in [-0.3, -0.25) is 4.79 Å². The third-order valence-electron chi connectivity index (χ3n) is 3.82. The first-order valence-corrected chi connectivity index (χ1v) is 9.05. The molecule has 0 radical (unpaired) electrons. The molecular formula is C21H29ClN2O4. The Kier molecular flexibility index (Phi) is 9.62. The molecule has 0 aromatic heterocycles. The lowest BCUT2D eigenvalue weighted by Gasteiger charge is -2.24. The summed E-state index contributed by atoms with van der Waals surface area (Å²) >= 11 is 0. The molecule has 0 saturated carbocycles. The Morgan fingerprint density at radius 1 is 1.00 bits per heavy atom. The minimum absolute atomic E-state index is 0. The molecule has 0 bridgehead atoms. The van der Waals surface area contributed by atoms with E-state index in [-0.39, 0.29) is 18.3 Å². The van der Waals surface area contributed by atoms with Gasteiger partial charge in [0.1, 0.15) is 19.0 Å². The van der Waals surface area contributed by atoms with Crippen molar-refractivity contribution in [3.63, 3.8) is 0 Å². The molecule has 0 aliphatic carbocycles. The zero-order chi connectivity index (χ0) is 19.7. The lowest BCUT2D eigenvalue weighted by Crippen LogP contribution is -2.48. The van der Waals surface area contributed by atoms with E-state index in [1.165, 1.54) is 0 Å². The van der Waals surface area contributed by atoms with E-state index in [1.54, 1.807) is 18.2 Å². The Bertz CT molecular complexity index is 738. The van der Waals surface area contributed by atoms with E-state index in [1.807, 2.05) is 51.1 Å². The van der Waals surface area contributed by atoms with Crippen molar-refractivity contribution in [2.75, 3.05) is 26.4 Å². The van der Waals surface area contributed by atoms with Crippen molar-refractivity contribution in [3.05, 3.63) is 54.1 Å². The van der Waals surface area contributed by atoms with Crippen LogP contribution in [0.1, 0.15) is 31.1 Å². The minimum Gasteiger partial charge on any atom is -0.490 e. The van der Waals surface area contributed by atoms with Crippen molar-refractivity contribution >= 4 is 18.3 Å². The molecule has 28 heavy (non-hydrogen) atoms. The summed E-state index contributed by atoms with van der Waals surface area (Å²) in [6, 6.07) is 14.7. The number of halogens is 1. The zero-order valence-corrected chi connectivity index (χ0v) is 17.4. The molecule has 0 fully saturated rings. The quantitative estimate of drug-likeness (QED) is 0.588. The van der Waals surface area contributed by atoms with Gasteiger partial charge in [-0.25, -0.2) is 0 Å². The van der Waals surface area contributed by atoms with Crippen LogP contribution in [0.25, 0.3) is 0 Å². The summed E-state index contributed by atoms with van der Waals surface area (Å²) in [6.45, 7) is 7.21. The number of nitrogens with two attached hydrogens (primary N) is 1. The molecule has 0 aliphatic rings. The van der Waals surface area contributed by atoms with Crippen LogP contribution in [0.15, 0.2) is 48.5 Å². The van der Waals surface area contributed by atoms with Gasteiger partial charge in [0.25, 0.3) is 5.91 Å². The highest BCUT2D eigenvalue weighted by Gasteiger charge is 2.20. The number of benzene rings is 2. The normalized spacial score (nSPS) is 10.6. The monoisotopic (exact) mass is 408 g/mol. The van der Waals surface area contributed by atoms with E-state index in [2.05, 4.69) is 5.32 Å². The maximum atomic E-state index is 12.4. The number of carbonyl (C=O) groups is 1. The van der Waals surface area contributed by atoms with Gasteiger partial charge in [0.15, 0.2) is 11.5 Å². The van der Waals surface area contributed by atoms with Crippen LogP contribution in [0, 0.1) is 0 Å². The number of carbonyl (C=O) groups excluding carboxylic acids is 1. The van der Waals surface area contributed by atoms with Crippen molar-refractivity contribution in [1.82, 2.24) is 5.32 Å². The zero-order valence-electron chi connectivity index (χ0n) is 16.6. The summed E-state index contributed by atoms with van der Waals surface area (Å²) in [5.41, 5.74) is 5.69. The van der Waals surface area contributed by atoms with Gasteiger partial charge in [0.05, 0.1) is 6.61 Å². The fourth-order valence-electron chi connectivity index (χ4n) is 2.30. The minimum atomic E-state index is -0.479. The van der Waals surface area contributed by atoms with E-state index in [9.17, 15) is 4.79 Å². The number of rotatable bonds is 10. The number of para-hydroxylation sites is 1. The van der Waals surface area contributed by atoms with Crippen molar-refractivity contribution in [3.8, 4) is 17.2 Å². The third-order valence-corrected chi connectivity index (χ3v) is 3.82. The number of hydrogen-bond acceptors (Lipinski definition) is 5. The topological polar surface area (TPSA) is 82.8 Å². The van der Waals surface area contributed by atoms with Gasteiger partial charge >= 0.3 is 0 Å². The summed E-state index contributed by atoms with van der Waals surface area (Å²) in [6.07, 6.45) is 0. The number of hydrogen-bond donors (Lipinski definition) is 2. The third kappa shape index (κ3) is 7.29. The van der Waals surface area contributed by atoms with Gasteiger partial charge in [0.2, 0.25) is 0 Å². The van der Waals surface area contributed by atoms with Gasteiger partial charge in [0, 0.05) is 17.6 Å². The van der Waals surface area contributed by atoms with Crippen LogP contribution in [0.5, 0.6) is 17.2 Å². The SMILES string of the molecule is CCOc1cc(C(=O)NC(C)(C)CN)ccc1OCCOc1ccccc1.Cl. The highest BCUT2D eigenvalue weighted by molar-refractivity contribution is 5.95. The fourth-order valence-corrected chi connectivity index (χ4v) is 2.30. The van der Waals surface area contributed by atoms with E-state index in [0.717, 1.165) is 5.75 Å². The maximum Gasteiger partial charge on any atom is 0.251 e. The molecule has 0 heterocycles. The maximum absolute atomic E-state index is 12.4. The predicted molar refractivity (Wildman–Crippen MR) is 113 cm³/mol. The summed E-state index contributed by atoms with van der Waals surface area (Å²) < 4.78 is 17.0. The van der Waals surface area contributed by atoms with E-state index in [0.29, 0.717) is 43.4 Å². The molecule has 2 aromatic rings. The average Bonchev–Trinajstić information content (AvgIpc) is 2.67. The van der Waals surface area contributed by atoms with Gasteiger partial charge in [-0.05, 0) is 51.1 Å². The molecule has 0 atom stereocenters. The summed E-state index contributed by atoms with van der Waals surface area (Å²) in [7, 11) is 0. The van der Waals surface area contributed by atoms with Crippen molar-refractivity contribution in [2.45, 2.75) is 26.3 Å². The van der Waals surface area contributed by atoms with E-state index < -0.39 is 5.54 Å². The first-order valence-electron chi connectivity index (χ1n) is 9.05. The van der Waals surface area contributed by atoms with Crippen LogP contribution in [0.3, 0.4) is 0 Å². The van der Waals surface area contributed by atoms with Gasteiger partial charge in [-0.15, -0.1) is 12.4 Å². The van der Waals surface area contributed by atoms with Crippen molar-refractivity contribution in [1.29, 1.82) is 0 Å². The fraction of sp³-hybridized carbons (Fsp3) is 0.381. The van der Waals surface area contributed by atoms with Crippen molar-refractivity contribution in [2.24, 2.45) is 5.73 Å². The van der Waals surface area contributed by atoms with E-state index >= 15 is 0 Å². The summed E-state index contributed by atoms with van der Waals surface area (Å²) in [5, 5.41) is 2.90. The molecule has 1 amide bonds. The Labute approximate surface area is 172 Å². The standard InChI is InChI=1S/C21H28N2O4.ClH/c1-4-25-19-14-16(20(24)23-21(2,3)15-22)10-11-18(19)27-13-12-26-17-8-6-5-7-9-17;/h5-11,14H,4,12-13,15,22H2,1-3H3,(H,23,24);1H. The lowest BCUT2D eigenvalue weighted by atomic mass is 10.1. The van der Waals surface area contributed by atoms with Crippen LogP contribution in [-0.2, 0) is 0 Å². The molecule has 3 N–H and O–H groups in total. The Morgan fingerprint density at radius 2 is 1.68 bits per heavy atom. The van der Waals surface area contributed by atoms with E-state index in [4.69, 9.17) is 19.9 Å². The number of nitrogens with one attached hydrogen (secondary N) is 1. The Hall–Kier alpha value is -2.44. The number of ether oxygens (including phenoxy) is 3. The van der Waals surface area contributed by atoms with Crippen LogP contribution >= 0.6 is 12.4 Å². The molecule has 2 rings (SSSR count). The summed E-state index contributed by atoms with van der Waals surface area (Å²) in [4.78, 5) is 12.4. The molecule has 7 heteroatoms. The number of amides is 1. The first-order chi connectivity index (χ1) is 12.9. The molecular weight excluding hydrogens is 380 g/mol. The first kappa shape index (κ1) is 23.6. The summed E-state index contributed by atoms with van der Waals surface area (Å²) in [5.74, 6) is 1.68. The predicted octanol–water partition coefficient (Wildman–Crippen LogP) is 3.43. The highest BCUT2D eigenvalue weighted by Crippen LogP contribution is 2.28. The van der Waals surface area contributed by atoms with Crippen molar-refractivity contribution < 1.29 is 19.0 Å². The smallest absolute Gasteiger partial charge is 0.251 e. The molecule has 2 aromatic carbocycles. The molecule has 6 nitrogen and oxygen atoms in total. The molecule has 0 saturated heterocycles. The molecule has 0 aliphatic heterocycles. The van der Waals surface area contributed by atoms with Crippen LogP contribution < -0.4 is 25.3 Å². The van der Waals surface area contributed by atoms with Gasteiger partial charge < -0.3 is 25.3 Å². The van der Waals surface area contributed by atoms with Crippen LogP contribution in [0.4, 0.5) is 0 Å². The second-order valence-electron chi connectivity index (χ2n) is 6.65. The molecule has 154 valence electrons. The Balaban J connectivity index is 0.00000392. The van der Waals surface area contributed by atoms with Gasteiger partial charge in [-0.2, -0.15) is 0 Å². The highest BCUT2D eigenvalue weighted by atomic mass is 35.5.